The molecule has 0 aliphatic heterocycles. The minimum Gasteiger partial charge on any atom is -0.328 e. The van der Waals surface area contributed by atoms with E-state index in [2.05, 4.69) is 11.1 Å². The molecule has 1 amide bonds. The van der Waals surface area contributed by atoms with Gasteiger partial charge in [0.05, 0.1) is 27.6 Å². The van der Waals surface area contributed by atoms with Crippen molar-refractivity contribution in [2.24, 2.45) is 0 Å². The fraction of sp³-hybridized carbons (Fsp3) is 0.318. The second-order valence-corrected chi connectivity index (χ2v) is 9.47. The quantitative estimate of drug-likeness (QED) is 0.564. The standard InChI is InChI=1S/C22H25N5O3S/c1-5-27-20-11-10-18(31(29,30)25(2)3)14-19(20)24-21(27)12-13-22(28)26(4)17-8-6-16(15-23)7-9-17/h6-11,14H,5,12-13H2,1-4H3. The highest BCUT2D eigenvalue weighted by atomic mass is 32.2. The second-order valence-electron chi connectivity index (χ2n) is 7.32. The van der Waals surface area contributed by atoms with Gasteiger partial charge in [0.25, 0.3) is 0 Å². The molecule has 9 heteroatoms. The Hall–Kier alpha value is -3.22. The molecule has 0 atom stereocenters. The highest BCUT2D eigenvalue weighted by Crippen LogP contribution is 2.23. The first-order valence-electron chi connectivity index (χ1n) is 9.87. The molecule has 1 heterocycles. The van der Waals surface area contributed by atoms with Gasteiger partial charge in [-0.25, -0.2) is 17.7 Å². The molecule has 0 bridgehead atoms. The van der Waals surface area contributed by atoms with Gasteiger partial charge in [-0.05, 0) is 49.4 Å². The number of nitriles is 1. The first-order valence-corrected chi connectivity index (χ1v) is 11.3. The maximum Gasteiger partial charge on any atom is 0.242 e. The monoisotopic (exact) mass is 439 g/mol. The van der Waals surface area contributed by atoms with Gasteiger partial charge in [0.15, 0.2) is 0 Å². The number of sulfonamides is 1. The number of carbonyl (C=O) groups is 1. The van der Waals surface area contributed by atoms with Crippen molar-refractivity contribution in [2.45, 2.75) is 31.2 Å². The van der Waals surface area contributed by atoms with Crippen LogP contribution in [0.1, 0.15) is 24.7 Å². The van der Waals surface area contributed by atoms with E-state index in [1.807, 2.05) is 11.5 Å². The topological polar surface area (TPSA) is 99.3 Å². The highest BCUT2D eigenvalue weighted by Gasteiger charge is 2.20. The molecule has 0 radical (unpaired) electrons. The van der Waals surface area contributed by atoms with Crippen molar-refractivity contribution in [3.63, 3.8) is 0 Å². The van der Waals surface area contributed by atoms with Crippen LogP contribution in [-0.2, 0) is 27.8 Å². The molecule has 0 saturated carbocycles. The van der Waals surface area contributed by atoms with Crippen molar-refractivity contribution in [1.29, 1.82) is 5.26 Å². The minimum atomic E-state index is -3.55. The van der Waals surface area contributed by atoms with Gasteiger partial charge < -0.3 is 9.47 Å². The van der Waals surface area contributed by atoms with E-state index in [-0.39, 0.29) is 17.2 Å². The smallest absolute Gasteiger partial charge is 0.242 e. The fourth-order valence-electron chi connectivity index (χ4n) is 3.36. The number of imidazole rings is 1. The third-order valence-electron chi connectivity index (χ3n) is 5.21. The van der Waals surface area contributed by atoms with E-state index >= 15 is 0 Å². The van der Waals surface area contributed by atoms with Crippen molar-refractivity contribution in [1.82, 2.24) is 13.9 Å². The van der Waals surface area contributed by atoms with E-state index in [9.17, 15) is 13.2 Å². The van der Waals surface area contributed by atoms with E-state index in [1.165, 1.54) is 18.4 Å². The van der Waals surface area contributed by atoms with Gasteiger partial charge in [-0.15, -0.1) is 0 Å². The zero-order valence-electron chi connectivity index (χ0n) is 18.0. The number of hydrogen-bond donors (Lipinski definition) is 0. The number of amides is 1. The SMILES string of the molecule is CCn1c(CCC(=O)N(C)c2ccc(C#N)cc2)nc2cc(S(=O)(=O)N(C)C)ccc21. The number of aryl methyl sites for hydroxylation is 2. The summed E-state index contributed by atoms with van der Waals surface area (Å²) in [6, 6.07) is 13.8. The summed E-state index contributed by atoms with van der Waals surface area (Å²) in [7, 11) is 1.13. The molecule has 0 spiro atoms. The third-order valence-corrected chi connectivity index (χ3v) is 7.02. The average Bonchev–Trinajstić information content (AvgIpc) is 3.13. The van der Waals surface area contributed by atoms with Crippen LogP contribution in [0.3, 0.4) is 0 Å². The summed E-state index contributed by atoms with van der Waals surface area (Å²) in [4.78, 5) is 19.0. The number of carbonyl (C=O) groups excluding carboxylic acids is 1. The second kappa shape index (κ2) is 8.88. The van der Waals surface area contributed by atoms with Crippen molar-refractivity contribution < 1.29 is 13.2 Å². The van der Waals surface area contributed by atoms with Crippen molar-refractivity contribution >= 4 is 32.7 Å². The van der Waals surface area contributed by atoms with Gasteiger partial charge in [-0.2, -0.15) is 5.26 Å². The summed E-state index contributed by atoms with van der Waals surface area (Å²) in [5.74, 6) is 0.661. The number of benzene rings is 2. The van der Waals surface area contributed by atoms with Gasteiger partial charge in [0, 0.05) is 46.2 Å². The van der Waals surface area contributed by atoms with E-state index in [4.69, 9.17) is 5.26 Å². The predicted molar refractivity (Wildman–Crippen MR) is 119 cm³/mol. The zero-order chi connectivity index (χ0) is 22.8. The third kappa shape index (κ3) is 4.45. The Morgan fingerprint density at radius 3 is 2.39 bits per heavy atom. The molecule has 3 rings (SSSR count). The van der Waals surface area contributed by atoms with E-state index < -0.39 is 10.0 Å². The Bertz CT molecular complexity index is 1250. The summed E-state index contributed by atoms with van der Waals surface area (Å²) in [6.45, 7) is 2.64. The summed E-state index contributed by atoms with van der Waals surface area (Å²) < 4.78 is 28.0. The lowest BCUT2D eigenvalue weighted by Crippen LogP contribution is -2.26. The van der Waals surface area contributed by atoms with E-state index in [0.717, 1.165) is 11.3 Å². The molecule has 0 unspecified atom stereocenters. The van der Waals surface area contributed by atoms with Crippen LogP contribution in [-0.4, -0.2) is 49.3 Å². The lowest BCUT2D eigenvalue weighted by Gasteiger charge is -2.17. The summed E-state index contributed by atoms with van der Waals surface area (Å²) >= 11 is 0. The Morgan fingerprint density at radius 2 is 1.81 bits per heavy atom. The van der Waals surface area contributed by atoms with E-state index in [1.54, 1.807) is 54.4 Å². The molecule has 0 N–H and O–H groups in total. The maximum atomic E-state index is 12.7. The average molecular weight is 440 g/mol. The van der Waals surface area contributed by atoms with Gasteiger partial charge in [0.1, 0.15) is 5.82 Å². The Labute approximate surface area is 182 Å². The summed E-state index contributed by atoms with van der Waals surface area (Å²) in [5, 5.41) is 8.91. The predicted octanol–water partition coefficient (Wildman–Crippen LogP) is 2.77. The molecule has 0 aliphatic rings. The van der Waals surface area contributed by atoms with Crippen LogP contribution in [0.15, 0.2) is 47.4 Å². The number of fused-ring (bicyclic) bond motifs is 1. The first kappa shape index (κ1) is 22.5. The number of rotatable bonds is 7. The van der Waals surface area contributed by atoms with Crippen LogP contribution in [0.25, 0.3) is 11.0 Å². The van der Waals surface area contributed by atoms with Crippen LogP contribution >= 0.6 is 0 Å². The fourth-order valence-corrected chi connectivity index (χ4v) is 4.29. The van der Waals surface area contributed by atoms with Crippen molar-refractivity contribution in [2.75, 3.05) is 26.0 Å². The minimum absolute atomic E-state index is 0.0738. The van der Waals surface area contributed by atoms with E-state index in [0.29, 0.717) is 29.7 Å². The molecule has 1 aromatic heterocycles. The zero-order valence-corrected chi connectivity index (χ0v) is 18.8. The summed E-state index contributed by atoms with van der Waals surface area (Å²) in [5.41, 5.74) is 2.68. The maximum absolute atomic E-state index is 12.7. The van der Waals surface area contributed by atoms with Crippen LogP contribution in [0.5, 0.6) is 0 Å². The van der Waals surface area contributed by atoms with Crippen LogP contribution < -0.4 is 4.90 Å². The molecule has 0 aliphatic carbocycles. The largest absolute Gasteiger partial charge is 0.328 e. The molecular formula is C22H25N5O3S. The van der Waals surface area contributed by atoms with Crippen LogP contribution in [0.2, 0.25) is 0 Å². The molecule has 0 fully saturated rings. The number of nitrogens with zero attached hydrogens (tertiary/aromatic N) is 5. The Balaban J connectivity index is 1.82. The first-order chi connectivity index (χ1) is 14.7. The van der Waals surface area contributed by atoms with Gasteiger partial charge in [-0.3, -0.25) is 4.79 Å². The normalized spacial score (nSPS) is 11.6. The number of hydrogen-bond acceptors (Lipinski definition) is 5. The summed E-state index contributed by atoms with van der Waals surface area (Å²) in [6.07, 6.45) is 0.681. The van der Waals surface area contributed by atoms with Crippen molar-refractivity contribution in [3.8, 4) is 6.07 Å². The highest BCUT2D eigenvalue weighted by molar-refractivity contribution is 7.89. The molecule has 162 valence electrons. The van der Waals surface area contributed by atoms with Gasteiger partial charge >= 0.3 is 0 Å². The lowest BCUT2D eigenvalue weighted by molar-refractivity contribution is -0.118. The lowest BCUT2D eigenvalue weighted by atomic mass is 10.2. The molecule has 2 aromatic carbocycles. The Morgan fingerprint density at radius 1 is 1.13 bits per heavy atom. The van der Waals surface area contributed by atoms with Crippen LogP contribution in [0, 0.1) is 11.3 Å². The molecular weight excluding hydrogens is 414 g/mol. The molecule has 3 aromatic rings. The molecule has 8 nitrogen and oxygen atoms in total. The van der Waals surface area contributed by atoms with Gasteiger partial charge in [-0.1, -0.05) is 0 Å². The number of aromatic nitrogens is 2. The van der Waals surface area contributed by atoms with Crippen molar-refractivity contribution in [3.05, 3.63) is 53.9 Å². The number of anilines is 1. The Kier molecular flexibility index (Phi) is 6.43. The molecule has 0 saturated heterocycles. The van der Waals surface area contributed by atoms with Crippen LogP contribution in [0.4, 0.5) is 5.69 Å². The molecule has 31 heavy (non-hydrogen) atoms. The van der Waals surface area contributed by atoms with Gasteiger partial charge in [0.2, 0.25) is 15.9 Å².